The molecule has 0 heterocycles. The minimum atomic E-state index is -0.0666. The fourth-order valence-electron chi connectivity index (χ4n) is 1.37. The molecule has 1 rings (SSSR count). The summed E-state index contributed by atoms with van der Waals surface area (Å²) in [6.45, 7) is 5.48. The van der Waals surface area contributed by atoms with E-state index in [0.29, 0.717) is 6.42 Å². The number of aryl methyl sites for hydroxylation is 1. The summed E-state index contributed by atoms with van der Waals surface area (Å²) in [6.07, 6.45) is 0.387. The van der Waals surface area contributed by atoms with Crippen LogP contribution in [0.2, 0.25) is 0 Å². The largest absolute Gasteiger partial charge is 0.490 e. The van der Waals surface area contributed by atoms with Crippen molar-refractivity contribution >= 4 is 21.7 Å². The first-order valence-electron chi connectivity index (χ1n) is 4.91. The van der Waals surface area contributed by atoms with E-state index in [0.717, 1.165) is 15.8 Å². The molecule has 82 valence electrons. The maximum atomic E-state index is 10.9. The Kier molecular flexibility index (Phi) is 4.33. The summed E-state index contributed by atoms with van der Waals surface area (Å²) in [5.74, 6) is 0.959. The average molecular weight is 271 g/mol. The first-order chi connectivity index (χ1) is 6.99. The lowest BCUT2D eigenvalue weighted by molar-refractivity contribution is -0.118. The quantitative estimate of drug-likeness (QED) is 0.837. The van der Waals surface area contributed by atoms with Crippen LogP contribution < -0.4 is 4.74 Å². The standard InChI is InChI=1S/C12H15BrO2/c1-8-6-11(4-5-12(8)13)15-10(3)7-9(2)14/h4-6,10H,7H2,1-3H3. The molecule has 3 heteroatoms. The summed E-state index contributed by atoms with van der Waals surface area (Å²) in [4.78, 5) is 10.9. The van der Waals surface area contributed by atoms with Crippen LogP contribution in [0.25, 0.3) is 0 Å². The number of carbonyl (C=O) groups is 1. The molecule has 0 aliphatic heterocycles. The van der Waals surface area contributed by atoms with Gasteiger partial charge in [0.2, 0.25) is 0 Å². The van der Waals surface area contributed by atoms with Crippen LogP contribution in [0.1, 0.15) is 25.8 Å². The van der Waals surface area contributed by atoms with Gasteiger partial charge in [-0.1, -0.05) is 15.9 Å². The molecular formula is C12H15BrO2. The minimum Gasteiger partial charge on any atom is -0.490 e. The third-order valence-electron chi connectivity index (χ3n) is 2.04. The number of ketones is 1. The molecule has 0 N–H and O–H groups in total. The van der Waals surface area contributed by atoms with E-state index in [9.17, 15) is 4.79 Å². The second kappa shape index (κ2) is 5.31. The number of ether oxygens (including phenoxy) is 1. The second-order valence-corrected chi connectivity index (χ2v) is 4.60. The molecule has 0 fully saturated rings. The van der Waals surface area contributed by atoms with E-state index in [1.165, 1.54) is 0 Å². The fourth-order valence-corrected chi connectivity index (χ4v) is 1.62. The predicted molar refractivity (Wildman–Crippen MR) is 64.3 cm³/mol. The van der Waals surface area contributed by atoms with Crippen LogP contribution in [-0.4, -0.2) is 11.9 Å². The first kappa shape index (κ1) is 12.2. The molecule has 1 aromatic carbocycles. The third kappa shape index (κ3) is 4.04. The Hall–Kier alpha value is -0.830. The van der Waals surface area contributed by atoms with Gasteiger partial charge in [-0.2, -0.15) is 0 Å². The molecule has 0 aliphatic rings. The van der Waals surface area contributed by atoms with Gasteiger partial charge in [-0.05, 0) is 44.5 Å². The topological polar surface area (TPSA) is 26.3 Å². The Morgan fingerprint density at radius 1 is 1.53 bits per heavy atom. The number of benzene rings is 1. The molecular weight excluding hydrogens is 256 g/mol. The van der Waals surface area contributed by atoms with Crippen molar-refractivity contribution in [3.8, 4) is 5.75 Å². The van der Waals surface area contributed by atoms with Gasteiger partial charge < -0.3 is 4.74 Å². The molecule has 1 atom stereocenters. The third-order valence-corrected chi connectivity index (χ3v) is 2.93. The second-order valence-electron chi connectivity index (χ2n) is 3.75. The van der Waals surface area contributed by atoms with Crippen molar-refractivity contribution in [3.63, 3.8) is 0 Å². The highest BCUT2D eigenvalue weighted by atomic mass is 79.9. The molecule has 0 aromatic heterocycles. The highest BCUT2D eigenvalue weighted by molar-refractivity contribution is 9.10. The van der Waals surface area contributed by atoms with Gasteiger partial charge in [0.05, 0.1) is 0 Å². The number of Topliss-reactive ketones (excluding diaryl/α,β-unsaturated/α-hetero) is 1. The smallest absolute Gasteiger partial charge is 0.133 e. The summed E-state index contributed by atoms with van der Waals surface area (Å²) >= 11 is 3.43. The first-order valence-corrected chi connectivity index (χ1v) is 5.70. The Morgan fingerprint density at radius 3 is 2.73 bits per heavy atom. The predicted octanol–water partition coefficient (Wildman–Crippen LogP) is 3.50. The number of hydrogen-bond donors (Lipinski definition) is 0. The lowest BCUT2D eigenvalue weighted by Crippen LogP contribution is -2.15. The number of rotatable bonds is 4. The molecule has 0 saturated carbocycles. The van der Waals surface area contributed by atoms with E-state index in [4.69, 9.17) is 4.74 Å². The van der Waals surface area contributed by atoms with E-state index in [1.807, 2.05) is 32.0 Å². The van der Waals surface area contributed by atoms with Gasteiger partial charge in [0.1, 0.15) is 17.6 Å². The molecule has 1 unspecified atom stereocenters. The van der Waals surface area contributed by atoms with E-state index in [2.05, 4.69) is 15.9 Å². The maximum Gasteiger partial charge on any atom is 0.133 e. The van der Waals surface area contributed by atoms with Gasteiger partial charge in [-0.25, -0.2) is 0 Å². The van der Waals surface area contributed by atoms with Gasteiger partial charge in [0.25, 0.3) is 0 Å². The normalized spacial score (nSPS) is 12.3. The molecule has 0 spiro atoms. The Morgan fingerprint density at radius 2 is 2.20 bits per heavy atom. The Bertz CT molecular complexity index is 361. The van der Waals surface area contributed by atoms with E-state index < -0.39 is 0 Å². The molecule has 0 radical (unpaired) electrons. The van der Waals surface area contributed by atoms with Gasteiger partial charge in [0.15, 0.2) is 0 Å². The molecule has 0 aliphatic carbocycles. The maximum absolute atomic E-state index is 10.9. The summed E-state index contributed by atoms with van der Waals surface area (Å²) in [6, 6.07) is 5.81. The monoisotopic (exact) mass is 270 g/mol. The molecule has 15 heavy (non-hydrogen) atoms. The van der Waals surface area contributed by atoms with E-state index >= 15 is 0 Å². The molecule has 0 amide bonds. The number of hydrogen-bond acceptors (Lipinski definition) is 2. The zero-order valence-corrected chi connectivity index (χ0v) is 10.8. The highest BCUT2D eigenvalue weighted by Crippen LogP contribution is 2.22. The van der Waals surface area contributed by atoms with Crippen molar-refractivity contribution in [2.75, 3.05) is 0 Å². The van der Waals surface area contributed by atoms with Gasteiger partial charge in [-0.3, -0.25) is 4.79 Å². The summed E-state index contributed by atoms with van der Waals surface area (Å²) in [5.41, 5.74) is 1.13. The van der Waals surface area contributed by atoms with Crippen molar-refractivity contribution in [2.24, 2.45) is 0 Å². The number of halogens is 1. The van der Waals surface area contributed by atoms with Crippen LogP contribution in [0.15, 0.2) is 22.7 Å². The van der Waals surface area contributed by atoms with Crippen molar-refractivity contribution in [1.29, 1.82) is 0 Å². The molecule has 0 bridgehead atoms. The fraction of sp³-hybridized carbons (Fsp3) is 0.417. The summed E-state index contributed by atoms with van der Waals surface area (Å²) < 4.78 is 6.68. The SMILES string of the molecule is CC(=O)CC(C)Oc1ccc(Br)c(C)c1. The van der Waals surface area contributed by atoms with E-state index in [-0.39, 0.29) is 11.9 Å². The van der Waals surface area contributed by atoms with Gasteiger partial charge >= 0.3 is 0 Å². The van der Waals surface area contributed by atoms with Gasteiger partial charge in [0, 0.05) is 10.9 Å². The van der Waals surface area contributed by atoms with Crippen molar-refractivity contribution < 1.29 is 9.53 Å². The van der Waals surface area contributed by atoms with E-state index in [1.54, 1.807) is 6.92 Å². The van der Waals surface area contributed by atoms with Crippen LogP contribution in [0, 0.1) is 6.92 Å². The van der Waals surface area contributed by atoms with Crippen LogP contribution in [0.4, 0.5) is 0 Å². The minimum absolute atomic E-state index is 0.0666. The zero-order chi connectivity index (χ0) is 11.4. The lowest BCUT2D eigenvalue weighted by Gasteiger charge is -2.13. The molecule has 1 aromatic rings. The van der Waals surface area contributed by atoms with Crippen molar-refractivity contribution in [1.82, 2.24) is 0 Å². The Balaban J connectivity index is 2.64. The highest BCUT2D eigenvalue weighted by Gasteiger charge is 2.07. The van der Waals surface area contributed by atoms with Crippen molar-refractivity contribution in [3.05, 3.63) is 28.2 Å². The molecule has 2 nitrogen and oxygen atoms in total. The van der Waals surface area contributed by atoms with Crippen LogP contribution in [0.5, 0.6) is 5.75 Å². The van der Waals surface area contributed by atoms with Crippen LogP contribution >= 0.6 is 15.9 Å². The van der Waals surface area contributed by atoms with Crippen LogP contribution in [-0.2, 0) is 4.79 Å². The number of carbonyl (C=O) groups excluding carboxylic acids is 1. The average Bonchev–Trinajstić information content (AvgIpc) is 2.10. The zero-order valence-electron chi connectivity index (χ0n) is 9.21. The summed E-state index contributed by atoms with van der Waals surface area (Å²) in [7, 11) is 0. The van der Waals surface area contributed by atoms with Gasteiger partial charge in [-0.15, -0.1) is 0 Å². The van der Waals surface area contributed by atoms with Crippen LogP contribution in [0.3, 0.4) is 0 Å². The van der Waals surface area contributed by atoms with Crippen molar-refractivity contribution in [2.45, 2.75) is 33.3 Å². The molecule has 0 saturated heterocycles. The summed E-state index contributed by atoms with van der Waals surface area (Å²) in [5, 5.41) is 0. The lowest BCUT2D eigenvalue weighted by atomic mass is 10.2. The Labute approximate surface area is 98.8 Å².